The Balaban J connectivity index is 1.88. The van der Waals surface area contributed by atoms with Gasteiger partial charge in [-0.05, 0) is 18.8 Å². The van der Waals surface area contributed by atoms with Gasteiger partial charge in [0.25, 0.3) is 0 Å². The predicted molar refractivity (Wildman–Crippen MR) is 50.4 cm³/mol. The summed E-state index contributed by atoms with van der Waals surface area (Å²) in [6.07, 6.45) is 4.74. The van der Waals surface area contributed by atoms with Gasteiger partial charge in [0.1, 0.15) is 0 Å². The highest BCUT2D eigenvalue weighted by molar-refractivity contribution is 9.09. The second kappa shape index (κ2) is 3.64. The molecule has 3 heteroatoms. The van der Waals surface area contributed by atoms with Crippen molar-refractivity contribution in [1.29, 1.82) is 0 Å². The highest BCUT2D eigenvalue weighted by Crippen LogP contribution is 2.42. The Morgan fingerprint density at radius 1 is 1.33 bits per heavy atom. The van der Waals surface area contributed by atoms with E-state index in [1.54, 1.807) is 0 Å². The summed E-state index contributed by atoms with van der Waals surface area (Å²) in [6, 6.07) is 0. The fourth-order valence-electron chi connectivity index (χ4n) is 2.23. The number of ether oxygens (including phenoxy) is 2. The molecule has 1 spiro atoms. The lowest BCUT2D eigenvalue weighted by atomic mass is 10.1. The van der Waals surface area contributed by atoms with E-state index in [-0.39, 0.29) is 5.79 Å². The molecule has 0 aromatic carbocycles. The Labute approximate surface area is 81.7 Å². The van der Waals surface area contributed by atoms with E-state index in [4.69, 9.17) is 9.47 Å². The van der Waals surface area contributed by atoms with E-state index >= 15 is 0 Å². The van der Waals surface area contributed by atoms with Crippen molar-refractivity contribution in [3.8, 4) is 0 Å². The van der Waals surface area contributed by atoms with Crippen LogP contribution in [0.4, 0.5) is 0 Å². The predicted octanol–water partition coefficient (Wildman–Crippen LogP) is 2.31. The van der Waals surface area contributed by atoms with Crippen LogP contribution in [0, 0.1) is 5.92 Å². The van der Waals surface area contributed by atoms with Crippen LogP contribution in [0.3, 0.4) is 0 Å². The molecule has 0 aromatic heterocycles. The topological polar surface area (TPSA) is 18.5 Å². The minimum atomic E-state index is -0.160. The molecule has 1 aliphatic heterocycles. The molecule has 1 unspecified atom stereocenters. The number of alkyl halides is 1. The second-order valence-corrected chi connectivity index (χ2v) is 4.49. The molecule has 1 aliphatic carbocycles. The lowest BCUT2D eigenvalue weighted by molar-refractivity contribution is -0.152. The van der Waals surface area contributed by atoms with E-state index < -0.39 is 0 Å². The van der Waals surface area contributed by atoms with E-state index in [1.807, 2.05) is 0 Å². The molecule has 0 radical (unpaired) electrons. The first-order valence-electron chi connectivity index (χ1n) is 4.68. The van der Waals surface area contributed by atoms with Gasteiger partial charge in [0.2, 0.25) is 0 Å². The number of hydrogen-bond acceptors (Lipinski definition) is 2. The molecule has 1 saturated carbocycles. The van der Waals surface area contributed by atoms with Crippen molar-refractivity contribution < 1.29 is 9.47 Å². The maximum absolute atomic E-state index is 5.64. The minimum Gasteiger partial charge on any atom is -0.348 e. The van der Waals surface area contributed by atoms with E-state index in [0.717, 1.165) is 37.3 Å². The van der Waals surface area contributed by atoms with Crippen molar-refractivity contribution >= 4 is 15.9 Å². The van der Waals surface area contributed by atoms with Crippen LogP contribution in [-0.2, 0) is 9.47 Å². The molecule has 2 fully saturated rings. The summed E-state index contributed by atoms with van der Waals surface area (Å²) in [5.74, 6) is 0.648. The van der Waals surface area contributed by atoms with Crippen LogP contribution in [0.25, 0.3) is 0 Å². The normalized spacial score (nSPS) is 33.2. The molecule has 1 heterocycles. The summed E-state index contributed by atoms with van der Waals surface area (Å²) < 4.78 is 11.3. The van der Waals surface area contributed by atoms with Crippen molar-refractivity contribution in [1.82, 2.24) is 0 Å². The van der Waals surface area contributed by atoms with Crippen LogP contribution in [-0.4, -0.2) is 24.3 Å². The largest absolute Gasteiger partial charge is 0.348 e. The molecule has 0 aromatic rings. The molecule has 12 heavy (non-hydrogen) atoms. The highest BCUT2D eigenvalue weighted by atomic mass is 79.9. The van der Waals surface area contributed by atoms with Crippen molar-refractivity contribution in [2.45, 2.75) is 31.5 Å². The maximum atomic E-state index is 5.64. The van der Waals surface area contributed by atoms with Crippen LogP contribution in [0.15, 0.2) is 0 Å². The summed E-state index contributed by atoms with van der Waals surface area (Å²) >= 11 is 3.47. The van der Waals surface area contributed by atoms with Gasteiger partial charge in [-0.25, -0.2) is 0 Å². The maximum Gasteiger partial charge on any atom is 0.168 e. The van der Waals surface area contributed by atoms with Gasteiger partial charge >= 0.3 is 0 Å². The fourth-order valence-corrected chi connectivity index (χ4v) is 2.88. The first-order valence-corrected chi connectivity index (χ1v) is 5.81. The first kappa shape index (κ1) is 8.97. The van der Waals surface area contributed by atoms with Crippen LogP contribution in [0.5, 0.6) is 0 Å². The van der Waals surface area contributed by atoms with Crippen LogP contribution < -0.4 is 0 Å². The van der Waals surface area contributed by atoms with Crippen molar-refractivity contribution in [3.63, 3.8) is 0 Å². The number of hydrogen-bond donors (Lipinski definition) is 0. The Hall–Kier alpha value is 0.400. The van der Waals surface area contributed by atoms with Crippen LogP contribution in [0.1, 0.15) is 25.7 Å². The van der Waals surface area contributed by atoms with Crippen molar-refractivity contribution in [2.75, 3.05) is 18.5 Å². The SMILES string of the molecule is BrCCC1CCC2(C1)OCCO2. The molecule has 2 aliphatic rings. The molecule has 1 saturated heterocycles. The Morgan fingerprint density at radius 3 is 2.75 bits per heavy atom. The molecular weight excluding hydrogens is 220 g/mol. The van der Waals surface area contributed by atoms with Gasteiger partial charge in [-0.3, -0.25) is 0 Å². The molecule has 0 bridgehead atoms. The minimum absolute atomic E-state index is 0.160. The van der Waals surface area contributed by atoms with Crippen molar-refractivity contribution in [3.05, 3.63) is 0 Å². The average Bonchev–Trinajstić information content (AvgIpc) is 2.65. The molecule has 2 nitrogen and oxygen atoms in total. The second-order valence-electron chi connectivity index (χ2n) is 3.69. The lowest BCUT2D eigenvalue weighted by Crippen LogP contribution is -2.25. The zero-order chi connectivity index (χ0) is 8.44. The quantitative estimate of drug-likeness (QED) is 0.684. The highest BCUT2D eigenvalue weighted by Gasteiger charge is 2.43. The third-order valence-electron chi connectivity index (χ3n) is 2.86. The van der Waals surface area contributed by atoms with Crippen molar-refractivity contribution in [2.24, 2.45) is 5.92 Å². The lowest BCUT2D eigenvalue weighted by Gasteiger charge is -2.21. The molecule has 1 atom stereocenters. The third-order valence-corrected chi connectivity index (χ3v) is 3.32. The zero-order valence-electron chi connectivity index (χ0n) is 7.22. The standard InChI is InChI=1S/C9H15BrO2/c10-4-2-8-1-3-9(7-8)11-5-6-12-9/h8H,1-7H2. The average molecular weight is 235 g/mol. The van der Waals surface area contributed by atoms with Gasteiger partial charge in [0.15, 0.2) is 5.79 Å². The fraction of sp³-hybridized carbons (Fsp3) is 1.00. The summed E-state index contributed by atoms with van der Waals surface area (Å²) in [5.41, 5.74) is 0. The van der Waals surface area contributed by atoms with Gasteiger partial charge in [-0.15, -0.1) is 0 Å². The van der Waals surface area contributed by atoms with Crippen LogP contribution >= 0.6 is 15.9 Å². The first-order chi connectivity index (χ1) is 5.85. The van der Waals surface area contributed by atoms with Gasteiger partial charge in [-0.1, -0.05) is 15.9 Å². The van der Waals surface area contributed by atoms with E-state index in [1.165, 1.54) is 12.8 Å². The van der Waals surface area contributed by atoms with Gasteiger partial charge in [0.05, 0.1) is 13.2 Å². The number of halogens is 1. The molecule has 0 N–H and O–H groups in total. The molecule has 70 valence electrons. The summed E-state index contributed by atoms with van der Waals surface area (Å²) in [4.78, 5) is 0. The zero-order valence-corrected chi connectivity index (χ0v) is 8.81. The Morgan fingerprint density at radius 2 is 2.08 bits per heavy atom. The number of rotatable bonds is 2. The van der Waals surface area contributed by atoms with E-state index in [2.05, 4.69) is 15.9 Å². The Kier molecular flexibility index (Phi) is 2.72. The third kappa shape index (κ3) is 1.68. The monoisotopic (exact) mass is 234 g/mol. The van der Waals surface area contributed by atoms with Gasteiger partial charge < -0.3 is 9.47 Å². The van der Waals surface area contributed by atoms with E-state index in [0.29, 0.717) is 0 Å². The van der Waals surface area contributed by atoms with Crippen LogP contribution in [0.2, 0.25) is 0 Å². The summed E-state index contributed by atoms with van der Waals surface area (Å²) in [5, 5.41) is 1.10. The molecular formula is C9H15BrO2. The summed E-state index contributed by atoms with van der Waals surface area (Å²) in [7, 11) is 0. The smallest absolute Gasteiger partial charge is 0.168 e. The molecule has 2 rings (SSSR count). The van der Waals surface area contributed by atoms with Gasteiger partial charge in [-0.2, -0.15) is 0 Å². The summed E-state index contributed by atoms with van der Waals surface area (Å²) in [6.45, 7) is 1.59. The van der Waals surface area contributed by atoms with E-state index in [9.17, 15) is 0 Å². The Bertz CT molecular complexity index is 155. The molecule has 0 amide bonds. The van der Waals surface area contributed by atoms with Gasteiger partial charge in [0, 0.05) is 18.2 Å².